The van der Waals surface area contributed by atoms with Crippen LogP contribution in [0, 0.1) is 0 Å². The number of benzene rings is 2. The van der Waals surface area contributed by atoms with Gasteiger partial charge in [-0.25, -0.2) is 4.79 Å². The van der Waals surface area contributed by atoms with Gasteiger partial charge in [-0.15, -0.1) is 0 Å². The number of amides is 1. The molecule has 0 aliphatic rings. The van der Waals surface area contributed by atoms with Crippen LogP contribution in [0.4, 0.5) is 18.9 Å². The van der Waals surface area contributed by atoms with Gasteiger partial charge in [0.25, 0.3) is 5.91 Å². The van der Waals surface area contributed by atoms with Crippen molar-refractivity contribution in [3.05, 3.63) is 64.7 Å². The zero-order valence-electron chi connectivity index (χ0n) is 14.5. The van der Waals surface area contributed by atoms with E-state index >= 15 is 0 Å². The van der Waals surface area contributed by atoms with Crippen LogP contribution in [0.5, 0.6) is 5.75 Å². The Morgan fingerprint density at radius 2 is 1.89 bits per heavy atom. The standard InChI is InChI=1S/C19H15ClF3NO4/c1-27-16-5-3-2-4-12(16)6-9-18(26)28-11-17(25)24-15-8-7-13(20)10-14(15)19(21,22)23/h2-10H,11H2,1H3,(H,24,25). The minimum absolute atomic E-state index is 0.127. The first-order chi connectivity index (χ1) is 13.2. The monoisotopic (exact) mass is 413 g/mol. The molecular formula is C19H15ClF3NO4. The summed E-state index contributed by atoms with van der Waals surface area (Å²) in [7, 11) is 1.47. The van der Waals surface area contributed by atoms with Crippen LogP contribution in [-0.2, 0) is 20.5 Å². The zero-order chi connectivity index (χ0) is 20.7. The Kier molecular flexibility index (Phi) is 7.06. The molecule has 2 rings (SSSR count). The van der Waals surface area contributed by atoms with Crippen LogP contribution < -0.4 is 10.1 Å². The highest BCUT2D eigenvalue weighted by Crippen LogP contribution is 2.36. The lowest BCUT2D eigenvalue weighted by Crippen LogP contribution is -2.22. The van der Waals surface area contributed by atoms with Crippen molar-refractivity contribution in [2.45, 2.75) is 6.18 Å². The van der Waals surface area contributed by atoms with Crippen molar-refractivity contribution in [3.8, 4) is 5.75 Å². The van der Waals surface area contributed by atoms with E-state index in [-0.39, 0.29) is 5.02 Å². The predicted molar refractivity (Wildman–Crippen MR) is 98.1 cm³/mol. The lowest BCUT2D eigenvalue weighted by atomic mass is 10.1. The van der Waals surface area contributed by atoms with Crippen molar-refractivity contribution in [2.24, 2.45) is 0 Å². The van der Waals surface area contributed by atoms with Gasteiger partial charge in [0.15, 0.2) is 6.61 Å². The molecule has 1 amide bonds. The maximum absolute atomic E-state index is 13.0. The molecule has 0 saturated heterocycles. The topological polar surface area (TPSA) is 64.6 Å². The van der Waals surface area contributed by atoms with Gasteiger partial charge in [0, 0.05) is 16.7 Å². The number of alkyl halides is 3. The van der Waals surface area contributed by atoms with Gasteiger partial charge in [-0.2, -0.15) is 13.2 Å². The molecular weight excluding hydrogens is 399 g/mol. The molecule has 148 valence electrons. The molecule has 5 nitrogen and oxygen atoms in total. The Hall–Kier alpha value is -3.00. The fourth-order valence-corrected chi connectivity index (χ4v) is 2.37. The third kappa shape index (κ3) is 6.02. The Morgan fingerprint density at radius 1 is 1.18 bits per heavy atom. The van der Waals surface area contributed by atoms with Crippen LogP contribution in [0.25, 0.3) is 6.08 Å². The smallest absolute Gasteiger partial charge is 0.418 e. The van der Waals surface area contributed by atoms with Crippen molar-refractivity contribution in [3.63, 3.8) is 0 Å². The number of carbonyl (C=O) groups is 2. The van der Waals surface area contributed by atoms with Crippen molar-refractivity contribution < 1.29 is 32.2 Å². The summed E-state index contributed by atoms with van der Waals surface area (Å²) in [6, 6.07) is 9.81. The van der Waals surface area contributed by atoms with Crippen LogP contribution in [-0.4, -0.2) is 25.6 Å². The lowest BCUT2D eigenvalue weighted by molar-refractivity contribution is -0.142. The SMILES string of the molecule is COc1ccccc1C=CC(=O)OCC(=O)Nc1ccc(Cl)cc1C(F)(F)F. The molecule has 2 aromatic carbocycles. The largest absolute Gasteiger partial charge is 0.496 e. The van der Waals surface area contributed by atoms with Crippen LogP contribution in [0.2, 0.25) is 5.02 Å². The first-order valence-corrected chi connectivity index (χ1v) is 8.23. The Morgan fingerprint density at radius 3 is 2.57 bits per heavy atom. The third-order valence-electron chi connectivity index (χ3n) is 3.44. The van der Waals surface area contributed by atoms with E-state index in [0.29, 0.717) is 17.4 Å². The van der Waals surface area contributed by atoms with Gasteiger partial charge >= 0.3 is 12.1 Å². The van der Waals surface area contributed by atoms with Crippen molar-refractivity contribution in [1.82, 2.24) is 0 Å². The number of anilines is 1. The highest BCUT2D eigenvalue weighted by atomic mass is 35.5. The van der Waals surface area contributed by atoms with Gasteiger partial charge in [-0.05, 0) is 30.3 Å². The van der Waals surface area contributed by atoms with Gasteiger partial charge in [0.05, 0.1) is 18.4 Å². The minimum Gasteiger partial charge on any atom is -0.496 e. The van der Waals surface area contributed by atoms with E-state index in [1.165, 1.54) is 19.3 Å². The Bertz CT molecular complexity index is 897. The quantitative estimate of drug-likeness (QED) is 0.557. The van der Waals surface area contributed by atoms with Crippen molar-refractivity contribution in [1.29, 1.82) is 0 Å². The molecule has 0 saturated carbocycles. The number of hydrogen-bond acceptors (Lipinski definition) is 4. The highest BCUT2D eigenvalue weighted by molar-refractivity contribution is 6.30. The summed E-state index contributed by atoms with van der Waals surface area (Å²) in [5, 5.41) is 1.93. The van der Waals surface area contributed by atoms with E-state index in [9.17, 15) is 22.8 Å². The summed E-state index contributed by atoms with van der Waals surface area (Å²) in [6.45, 7) is -0.755. The molecule has 0 aliphatic carbocycles. The van der Waals surface area contributed by atoms with E-state index in [1.54, 1.807) is 24.3 Å². The van der Waals surface area contributed by atoms with Crippen LogP contribution in [0.1, 0.15) is 11.1 Å². The maximum atomic E-state index is 13.0. The van der Waals surface area contributed by atoms with Gasteiger partial charge in [0.1, 0.15) is 5.75 Å². The summed E-state index contributed by atoms with van der Waals surface area (Å²) >= 11 is 5.57. The molecule has 28 heavy (non-hydrogen) atoms. The minimum atomic E-state index is -4.71. The number of para-hydroxylation sites is 1. The fraction of sp³-hybridized carbons (Fsp3) is 0.158. The zero-order valence-corrected chi connectivity index (χ0v) is 15.3. The van der Waals surface area contributed by atoms with Gasteiger partial charge in [-0.1, -0.05) is 29.8 Å². The first-order valence-electron chi connectivity index (χ1n) is 7.85. The number of rotatable bonds is 6. The molecule has 1 N–H and O–H groups in total. The summed E-state index contributed by atoms with van der Waals surface area (Å²) in [5.74, 6) is -1.23. The molecule has 9 heteroatoms. The summed E-state index contributed by atoms with van der Waals surface area (Å²) < 4.78 is 48.9. The normalized spacial score (nSPS) is 11.3. The van der Waals surface area contributed by atoms with Gasteiger partial charge < -0.3 is 14.8 Å². The predicted octanol–water partition coefficient (Wildman–Crippen LogP) is 4.56. The molecule has 0 radical (unpaired) electrons. The van der Waals surface area contributed by atoms with Crippen LogP contribution in [0.3, 0.4) is 0 Å². The molecule has 0 spiro atoms. The number of halogens is 4. The number of ether oxygens (including phenoxy) is 2. The fourth-order valence-electron chi connectivity index (χ4n) is 2.19. The molecule has 0 heterocycles. The van der Waals surface area contributed by atoms with Gasteiger partial charge in [0.2, 0.25) is 0 Å². The van der Waals surface area contributed by atoms with Crippen LogP contribution in [0.15, 0.2) is 48.5 Å². The average Bonchev–Trinajstić information content (AvgIpc) is 2.65. The molecule has 2 aromatic rings. The Labute approximate surface area is 163 Å². The second kappa shape index (κ2) is 9.27. The number of esters is 1. The van der Waals surface area contributed by atoms with E-state index in [2.05, 4.69) is 5.32 Å². The summed E-state index contributed by atoms with van der Waals surface area (Å²) in [5.41, 5.74) is -0.972. The summed E-state index contributed by atoms with van der Waals surface area (Å²) in [4.78, 5) is 23.5. The number of carbonyl (C=O) groups excluding carboxylic acids is 2. The van der Waals surface area contributed by atoms with E-state index in [1.807, 2.05) is 0 Å². The first kappa shape index (κ1) is 21.3. The average molecular weight is 414 g/mol. The highest BCUT2D eigenvalue weighted by Gasteiger charge is 2.34. The number of hydrogen-bond donors (Lipinski definition) is 1. The molecule has 0 fully saturated rings. The Balaban J connectivity index is 1.96. The van der Waals surface area contributed by atoms with E-state index < -0.39 is 35.9 Å². The van der Waals surface area contributed by atoms with Crippen LogP contribution >= 0.6 is 11.6 Å². The van der Waals surface area contributed by atoms with E-state index in [0.717, 1.165) is 12.1 Å². The molecule has 0 atom stereocenters. The second-order valence-corrected chi connectivity index (χ2v) is 5.86. The maximum Gasteiger partial charge on any atom is 0.418 e. The second-order valence-electron chi connectivity index (χ2n) is 5.42. The van der Waals surface area contributed by atoms with E-state index in [4.69, 9.17) is 21.1 Å². The number of methoxy groups -OCH3 is 1. The molecule has 0 aliphatic heterocycles. The van der Waals surface area contributed by atoms with Gasteiger partial charge in [-0.3, -0.25) is 4.79 Å². The molecule has 0 unspecified atom stereocenters. The lowest BCUT2D eigenvalue weighted by Gasteiger charge is -2.14. The third-order valence-corrected chi connectivity index (χ3v) is 3.68. The van der Waals surface area contributed by atoms with Crippen molar-refractivity contribution in [2.75, 3.05) is 19.0 Å². The molecule has 0 bridgehead atoms. The number of nitrogens with one attached hydrogen (secondary N) is 1. The van der Waals surface area contributed by atoms with Crippen molar-refractivity contribution >= 4 is 35.2 Å². The summed E-state index contributed by atoms with van der Waals surface area (Å²) in [6.07, 6.45) is -2.20. The molecule has 0 aromatic heterocycles.